The summed E-state index contributed by atoms with van der Waals surface area (Å²) in [5.74, 6) is 0.142. The van der Waals surface area contributed by atoms with E-state index in [-0.39, 0.29) is 11.3 Å². The van der Waals surface area contributed by atoms with Crippen molar-refractivity contribution >= 4 is 5.91 Å². The molecule has 1 amide bonds. The van der Waals surface area contributed by atoms with Crippen LogP contribution < -0.4 is 10.6 Å². The topological polar surface area (TPSA) is 69.8 Å². The van der Waals surface area contributed by atoms with Crippen molar-refractivity contribution in [1.82, 2.24) is 20.6 Å². The molecule has 1 saturated heterocycles. The summed E-state index contributed by atoms with van der Waals surface area (Å²) in [6.07, 6.45) is 5.16. The summed E-state index contributed by atoms with van der Waals surface area (Å²) in [5, 5.41) is 6.23. The third kappa shape index (κ3) is 2.41. The summed E-state index contributed by atoms with van der Waals surface area (Å²) >= 11 is 0. The minimum absolute atomic E-state index is 0.142. The zero-order valence-electron chi connectivity index (χ0n) is 9.55. The molecular weight excluding hydrogens is 204 g/mol. The molecule has 0 unspecified atom stereocenters. The molecule has 1 aromatic rings. The number of carbonyl (C=O) groups is 1. The average molecular weight is 222 g/mol. The molecule has 0 saturated carbocycles. The SMILES string of the molecule is CC1(C(=O)NCc2cnc[nH]2)CCNCC1. The standard InChI is InChI=1S/C11H18N4O/c1-11(2-4-12-5-3-11)10(16)14-7-9-6-13-8-15-9/h6,8,12H,2-5,7H2,1H3,(H,13,15)(H,14,16). The maximum atomic E-state index is 12.0. The highest BCUT2D eigenvalue weighted by Gasteiger charge is 2.34. The van der Waals surface area contributed by atoms with Crippen LogP contribution >= 0.6 is 0 Å². The van der Waals surface area contributed by atoms with Crippen molar-refractivity contribution in [2.75, 3.05) is 13.1 Å². The van der Waals surface area contributed by atoms with E-state index in [0.29, 0.717) is 6.54 Å². The summed E-state index contributed by atoms with van der Waals surface area (Å²) in [6, 6.07) is 0. The first-order valence-corrected chi connectivity index (χ1v) is 5.67. The van der Waals surface area contributed by atoms with Gasteiger partial charge in [-0.2, -0.15) is 0 Å². The Morgan fingerprint density at radius 1 is 1.56 bits per heavy atom. The summed E-state index contributed by atoms with van der Waals surface area (Å²) in [4.78, 5) is 18.9. The van der Waals surface area contributed by atoms with Crippen molar-refractivity contribution in [3.8, 4) is 0 Å². The number of hydrogen-bond acceptors (Lipinski definition) is 3. The van der Waals surface area contributed by atoms with E-state index in [4.69, 9.17) is 0 Å². The molecule has 0 aromatic carbocycles. The first kappa shape index (κ1) is 11.1. The Hall–Kier alpha value is -1.36. The van der Waals surface area contributed by atoms with Crippen LogP contribution in [0.4, 0.5) is 0 Å². The Labute approximate surface area is 95.0 Å². The molecule has 2 rings (SSSR count). The van der Waals surface area contributed by atoms with Gasteiger partial charge >= 0.3 is 0 Å². The molecule has 1 fully saturated rings. The quantitative estimate of drug-likeness (QED) is 0.694. The molecule has 0 bridgehead atoms. The van der Waals surface area contributed by atoms with E-state index in [0.717, 1.165) is 31.6 Å². The average Bonchev–Trinajstić information content (AvgIpc) is 2.79. The number of hydrogen-bond donors (Lipinski definition) is 3. The van der Waals surface area contributed by atoms with E-state index < -0.39 is 0 Å². The number of aromatic nitrogens is 2. The van der Waals surface area contributed by atoms with Crippen molar-refractivity contribution < 1.29 is 4.79 Å². The van der Waals surface area contributed by atoms with Crippen molar-refractivity contribution in [3.63, 3.8) is 0 Å². The van der Waals surface area contributed by atoms with Crippen LogP contribution in [0.1, 0.15) is 25.5 Å². The number of carbonyl (C=O) groups excluding carboxylic acids is 1. The second-order valence-corrected chi connectivity index (χ2v) is 4.57. The Bertz CT molecular complexity index is 341. The first-order valence-electron chi connectivity index (χ1n) is 5.67. The van der Waals surface area contributed by atoms with Crippen LogP contribution in [-0.4, -0.2) is 29.0 Å². The first-order chi connectivity index (χ1) is 7.71. The van der Waals surface area contributed by atoms with Crippen LogP contribution in [0, 0.1) is 5.41 Å². The lowest BCUT2D eigenvalue weighted by Crippen LogP contribution is -2.45. The minimum Gasteiger partial charge on any atom is -0.350 e. The number of imidazole rings is 1. The molecule has 88 valence electrons. The monoisotopic (exact) mass is 222 g/mol. The largest absolute Gasteiger partial charge is 0.350 e. The van der Waals surface area contributed by atoms with Gasteiger partial charge in [-0.25, -0.2) is 4.98 Å². The maximum absolute atomic E-state index is 12.0. The molecule has 0 aliphatic carbocycles. The molecule has 0 radical (unpaired) electrons. The lowest BCUT2D eigenvalue weighted by Gasteiger charge is -2.32. The van der Waals surface area contributed by atoms with E-state index in [1.807, 2.05) is 6.92 Å². The highest BCUT2D eigenvalue weighted by molar-refractivity contribution is 5.82. The highest BCUT2D eigenvalue weighted by Crippen LogP contribution is 2.27. The van der Waals surface area contributed by atoms with E-state index in [1.54, 1.807) is 12.5 Å². The van der Waals surface area contributed by atoms with Crippen molar-refractivity contribution in [2.24, 2.45) is 5.41 Å². The van der Waals surface area contributed by atoms with Gasteiger partial charge in [-0.3, -0.25) is 4.79 Å². The second kappa shape index (κ2) is 4.65. The molecule has 3 N–H and O–H groups in total. The summed E-state index contributed by atoms with van der Waals surface area (Å²) in [6.45, 7) is 4.42. The fourth-order valence-corrected chi connectivity index (χ4v) is 1.98. The van der Waals surface area contributed by atoms with Gasteiger partial charge in [0.1, 0.15) is 0 Å². The fourth-order valence-electron chi connectivity index (χ4n) is 1.98. The third-order valence-electron chi connectivity index (χ3n) is 3.25. The maximum Gasteiger partial charge on any atom is 0.226 e. The number of aromatic amines is 1. The summed E-state index contributed by atoms with van der Waals surface area (Å²) in [5.41, 5.74) is 0.719. The molecule has 0 atom stereocenters. The van der Waals surface area contributed by atoms with E-state index in [2.05, 4.69) is 20.6 Å². The van der Waals surface area contributed by atoms with E-state index >= 15 is 0 Å². The van der Waals surface area contributed by atoms with Gasteiger partial charge < -0.3 is 15.6 Å². The molecular formula is C11H18N4O. The predicted octanol–water partition coefficient (Wildman–Crippen LogP) is 0.416. The Kier molecular flexibility index (Phi) is 3.24. The van der Waals surface area contributed by atoms with E-state index in [1.165, 1.54) is 0 Å². The molecule has 16 heavy (non-hydrogen) atoms. The lowest BCUT2D eigenvalue weighted by atomic mass is 9.80. The van der Waals surface area contributed by atoms with Gasteiger partial charge in [-0.15, -0.1) is 0 Å². The number of amides is 1. The zero-order valence-corrected chi connectivity index (χ0v) is 9.55. The van der Waals surface area contributed by atoms with Crippen molar-refractivity contribution in [1.29, 1.82) is 0 Å². The van der Waals surface area contributed by atoms with Gasteiger partial charge in [0.25, 0.3) is 0 Å². The van der Waals surface area contributed by atoms with Gasteiger partial charge in [0, 0.05) is 11.6 Å². The van der Waals surface area contributed by atoms with Gasteiger partial charge in [-0.1, -0.05) is 6.92 Å². The Balaban J connectivity index is 1.87. The normalized spacial score (nSPS) is 19.3. The molecule has 1 aromatic heterocycles. The summed E-state index contributed by atoms with van der Waals surface area (Å²) < 4.78 is 0. The minimum atomic E-state index is -0.217. The van der Waals surface area contributed by atoms with Gasteiger partial charge in [0.05, 0.1) is 18.6 Å². The third-order valence-corrected chi connectivity index (χ3v) is 3.25. The van der Waals surface area contributed by atoms with Crippen molar-refractivity contribution in [2.45, 2.75) is 26.3 Å². The highest BCUT2D eigenvalue weighted by atomic mass is 16.2. The molecule has 0 spiro atoms. The van der Waals surface area contributed by atoms with Gasteiger partial charge in [0.2, 0.25) is 5.91 Å². The Morgan fingerprint density at radius 2 is 2.31 bits per heavy atom. The smallest absolute Gasteiger partial charge is 0.226 e. The number of H-pyrrole nitrogens is 1. The van der Waals surface area contributed by atoms with Crippen LogP contribution in [0.3, 0.4) is 0 Å². The fraction of sp³-hybridized carbons (Fsp3) is 0.636. The van der Waals surface area contributed by atoms with Crippen LogP contribution in [0.25, 0.3) is 0 Å². The molecule has 5 nitrogen and oxygen atoms in total. The van der Waals surface area contributed by atoms with Gasteiger partial charge in [-0.05, 0) is 25.9 Å². The molecule has 1 aliphatic heterocycles. The lowest BCUT2D eigenvalue weighted by molar-refractivity contribution is -0.131. The molecule has 2 heterocycles. The molecule has 1 aliphatic rings. The van der Waals surface area contributed by atoms with Crippen molar-refractivity contribution in [3.05, 3.63) is 18.2 Å². The van der Waals surface area contributed by atoms with Gasteiger partial charge in [0.15, 0.2) is 0 Å². The second-order valence-electron chi connectivity index (χ2n) is 4.57. The predicted molar refractivity (Wildman–Crippen MR) is 60.6 cm³/mol. The number of rotatable bonds is 3. The van der Waals surface area contributed by atoms with Crippen LogP contribution in [0.5, 0.6) is 0 Å². The zero-order chi connectivity index (χ0) is 11.4. The Morgan fingerprint density at radius 3 is 2.94 bits per heavy atom. The molecule has 5 heteroatoms. The number of nitrogens with one attached hydrogen (secondary N) is 3. The van der Waals surface area contributed by atoms with Crippen LogP contribution in [0.15, 0.2) is 12.5 Å². The summed E-state index contributed by atoms with van der Waals surface area (Å²) in [7, 11) is 0. The number of nitrogens with zero attached hydrogens (tertiary/aromatic N) is 1. The van der Waals surface area contributed by atoms with Crippen LogP contribution in [-0.2, 0) is 11.3 Å². The van der Waals surface area contributed by atoms with Crippen LogP contribution in [0.2, 0.25) is 0 Å². The number of piperidine rings is 1. The van der Waals surface area contributed by atoms with E-state index in [9.17, 15) is 4.79 Å².